The van der Waals surface area contributed by atoms with Crippen LogP contribution < -0.4 is 5.32 Å². The van der Waals surface area contributed by atoms with Gasteiger partial charge in [-0.1, -0.05) is 30.3 Å². The van der Waals surface area contributed by atoms with E-state index in [0.717, 1.165) is 43.4 Å². The second-order valence-electron chi connectivity index (χ2n) is 5.90. The van der Waals surface area contributed by atoms with Gasteiger partial charge in [-0.15, -0.1) is 0 Å². The first-order valence-electron chi connectivity index (χ1n) is 7.95. The van der Waals surface area contributed by atoms with Gasteiger partial charge in [-0.05, 0) is 53.3 Å². The van der Waals surface area contributed by atoms with Crippen molar-refractivity contribution in [2.24, 2.45) is 0 Å². The second-order valence-corrected chi connectivity index (χ2v) is 8.05. The van der Waals surface area contributed by atoms with Gasteiger partial charge in [0.1, 0.15) is 5.82 Å². The van der Waals surface area contributed by atoms with E-state index >= 15 is 0 Å². The largest absolute Gasteiger partial charge is 0.306 e. The van der Waals surface area contributed by atoms with E-state index in [0.29, 0.717) is 5.56 Å². The van der Waals surface area contributed by atoms with E-state index in [-0.39, 0.29) is 5.91 Å². The molecule has 6 heteroatoms. The van der Waals surface area contributed by atoms with Crippen LogP contribution in [-0.4, -0.2) is 15.7 Å². The number of anilines is 1. The average Bonchev–Trinajstić information content (AvgIpc) is 3.18. The van der Waals surface area contributed by atoms with Gasteiger partial charge in [-0.2, -0.15) is 16.9 Å². The molecule has 1 N–H and O–H groups in total. The molecule has 0 fully saturated rings. The van der Waals surface area contributed by atoms with Crippen molar-refractivity contribution < 1.29 is 4.79 Å². The fourth-order valence-corrected chi connectivity index (χ4v) is 4.60. The molecule has 0 bridgehead atoms. The lowest BCUT2D eigenvalue weighted by molar-refractivity contribution is 0.102. The Labute approximate surface area is 164 Å². The van der Waals surface area contributed by atoms with E-state index in [1.54, 1.807) is 0 Å². The quantitative estimate of drug-likeness (QED) is 0.571. The highest BCUT2D eigenvalue weighted by Gasteiger charge is 2.25. The molecule has 0 atom stereocenters. The molecule has 1 aliphatic rings. The van der Waals surface area contributed by atoms with Crippen LogP contribution in [0.25, 0.3) is 5.69 Å². The molecule has 0 radical (unpaired) electrons. The van der Waals surface area contributed by atoms with Crippen LogP contribution in [0.2, 0.25) is 0 Å². The van der Waals surface area contributed by atoms with Crippen molar-refractivity contribution >= 4 is 46.1 Å². The van der Waals surface area contributed by atoms with Crippen molar-refractivity contribution in [1.82, 2.24) is 9.78 Å². The standard InChI is InChI=1S/C19H16IN3OS/c1-12-6-2-5-9-17(12)23-18(14-10-25-11-16(14)22-23)21-19(24)13-7-3-4-8-15(13)20/h2-9H,10-11H2,1H3,(H,21,24). The molecule has 126 valence electrons. The normalized spacial score (nSPS) is 12.9. The molecule has 1 amide bonds. The molecule has 0 saturated carbocycles. The predicted octanol–water partition coefficient (Wildman–Crippen LogP) is 4.78. The third kappa shape index (κ3) is 3.08. The number of thioether (sulfide) groups is 1. The number of nitrogens with zero attached hydrogens (tertiary/aromatic N) is 2. The number of hydrogen-bond donors (Lipinski definition) is 1. The summed E-state index contributed by atoms with van der Waals surface area (Å²) in [6, 6.07) is 15.7. The minimum Gasteiger partial charge on any atom is -0.306 e. The summed E-state index contributed by atoms with van der Waals surface area (Å²) >= 11 is 4.02. The highest BCUT2D eigenvalue weighted by molar-refractivity contribution is 14.1. The Bertz CT molecular complexity index is 967. The van der Waals surface area contributed by atoms with E-state index in [1.165, 1.54) is 0 Å². The zero-order valence-electron chi connectivity index (χ0n) is 13.6. The maximum Gasteiger partial charge on any atom is 0.257 e. The molecule has 1 aliphatic heterocycles. The summed E-state index contributed by atoms with van der Waals surface area (Å²) in [6.07, 6.45) is 0. The summed E-state index contributed by atoms with van der Waals surface area (Å²) in [5, 5.41) is 7.89. The first-order chi connectivity index (χ1) is 12.1. The van der Waals surface area contributed by atoms with E-state index in [2.05, 4.69) is 40.9 Å². The number of halogens is 1. The smallest absolute Gasteiger partial charge is 0.257 e. The van der Waals surface area contributed by atoms with Gasteiger partial charge in [0.2, 0.25) is 0 Å². The fraction of sp³-hybridized carbons (Fsp3) is 0.158. The Morgan fingerprint density at radius 2 is 1.92 bits per heavy atom. The van der Waals surface area contributed by atoms with Crippen LogP contribution in [0.5, 0.6) is 0 Å². The Morgan fingerprint density at radius 3 is 2.72 bits per heavy atom. The molecular weight excluding hydrogens is 445 g/mol. The van der Waals surface area contributed by atoms with Gasteiger partial charge in [0, 0.05) is 20.6 Å². The Morgan fingerprint density at radius 1 is 1.16 bits per heavy atom. The topological polar surface area (TPSA) is 46.9 Å². The van der Waals surface area contributed by atoms with E-state index in [9.17, 15) is 4.79 Å². The van der Waals surface area contributed by atoms with Crippen LogP contribution in [0.1, 0.15) is 27.2 Å². The van der Waals surface area contributed by atoms with Crippen LogP contribution >= 0.6 is 34.4 Å². The zero-order chi connectivity index (χ0) is 17.4. The lowest BCUT2D eigenvalue weighted by Crippen LogP contribution is -2.17. The predicted molar refractivity (Wildman–Crippen MR) is 110 cm³/mol. The summed E-state index contributed by atoms with van der Waals surface area (Å²) in [4.78, 5) is 12.8. The number of fused-ring (bicyclic) bond motifs is 1. The molecule has 0 aliphatic carbocycles. The van der Waals surface area contributed by atoms with Crippen molar-refractivity contribution in [3.8, 4) is 5.69 Å². The van der Waals surface area contributed by atoms with Gasteiger partial charge >= 0.3 is 0 Å². The monoisotopic (exact) mass is 461 g/mol. The van der Waals surface area contributed by atoms with Gasteiger partial charge < -0.3 is 5.32 Å². The highest BCUT2D eigenvalue weighted by Crippen LogP contribution is 2.36. The maximum atomic E-state index is 12.8. The van der Waals surface area contributed by atoms with Crippen LogP contribution in [0.3, 0.4) is 0 Å². The fourth-order valence-electron chi connectivity index (χ4n) is 2.94. The second kappa shape index (κ2) is 6.84. The summed E-state index contributed by atoms with van der Waals surface area (Å²) in [7, 11) is 0. The Hall–Kier alpha value is -1.80. The van der Waals surface area contributed by atoms with Gasteiger partial charge in [0.05, 0.1) is 16.9 Å². The van der Waals surface area contributed by atoms with Crippen molar-refractivity contribution in [3.63, 3.8) is 0 Å². The third-order valence-corrected chi connectivity index (χ3v) is 6.16. The number of para-hydroxylation sites is 1. The summed E-state index contributed by atoms with van der Waals surface area (Å²) in [5.74, 6) is 2.46. The molecule has 0 unspecified atom stereocenters. The highest BCUT2D eigenvalue weighted by atomic mass is 127. The van der Waals surface area contributed by atoms with Crippen LogP contribution in [0, 0.1) is 10.5 Å². The van der Waals surface area contributed by atoms with Crippen molar-refractivity contribution in [1.29, 1.82) is 0 Å². The molecule has 4 nitrogen and oxygen atoms in total. The number of hydrogen-bond acceptors (Lipinski definition) is 3. The molecule has 1 aromatic heterocycles. The number of carbonyl (C=O) groups excluding carboxylic acids is 1. The van der Waals surface area contributed by atoms with Crippen LogP contribution in [-0.2, 0) is 11.5 Å². The molecular formula is C19H16IN3OS. The van der Waals surface area contributed by atoms with Crippen molar-refractivity contribution in [3.05, 3.63) is 74.5 Å². The van der Waals surface area contributed by atoms with Crippen LogP contribution in [0.15, 0.2) is 48.5 Å². The third-order valence-electron chi connectivity index (χ3n) is 4.25. The minimum absolute atomic E-state index is 0.0977. The molecule has 3 aromatic rings. The summed E-state index contributed by atoms with van der Waals surface area (Å²) in [5.41, 5.74) is 5.00. The lowest BCUT2D eigenvalue weighted by atomic mass is 10.2. The number of aryl methyl sites for hydroxylation is 1. The average molecular weight is 461 g/mol. The molecule has 4 rings (SSSR count). The molecule has 0 saturated heterocycles. The molecule has 25 heavy (non-hydrogen) atoms. The summed E-state index contributed by atoms with van der Waals surface area (Å²) in [6.45, 7) is 2.06. The van der Waals surface area contributed by atoms with Crippen molar-refractivity contribution in [2.45, 2.75) is 18.4 Å². The Balaban J connectivity index is 1.78. The number of aromatic nitrogens is 2. The van der Waals surface area contributed by atoms with E-state index in [4.69, 9.17) is 5.10 Å². The first-order valence-corrected chi connectivity index (χ1v) is 10.2. The number of nitrogens with one attached hydrogen (secondary N) is 1. The van der Waals surface area contributed by atoms with Gasteiger partial charge in [0.15, 0.2) is 0 Å². The van der Waals surface area contributed by atoms with Crippen LogP contribution in [0.4, 0.5) is 5.82 Å². The van der Waals surface area contributed by atoms with Gasteiger partial charge in [-0.25, -0.2) is 4.68 Å². The lowest BCUT2D eigenvalue weighted by Gasteiger charge is -2.13. The zero-order valence-corrected chi connectivity index (χ0v) is 16.6. The SMILES string of the molecule is Cc1ccccc1-n1nc2c(c1NC(=O)c1ccccc1I)CSC2. The van der Waals surface area contributed by atoms with E-state index < -0.39 is 0 Å². The Kier molecular flexibility index (Phi) is 4.56. The molecule has 2 heterocycles. The number of benzene rings is 2. The number of carbonyl (C=O) groups is 1. The number of rotatable bonds is 3. The van der Waals surface area contributed by atoms with Crippen molar-refractivity contribution in [2.75, 3.05) is 5.32 Å². The minimum atomic E-state index is -0.0977. The maximum absolute atomic E-state index is 12.8. The molecule has 2 aromatic carbocycles. The first kappa shape index (κ1) is 16.7. The summed E-state index contributed by atoms with van der Waals surface area (Å²) < 4.78 is 2.82. The van der Waals surface area contributed by atoms with E-state index in [1.807, 2.05) is 58.9 Å². The number of amides is 1. The molecule has 0 spiro atoms. The van der Waals surface area contributed by atoms with Gasteiger partial charge in [0.25, 0.3) is 5.91 Å². The van der Waals surface area contributed by atoms with Gasteiger partial charge in [-0.3, -0.25) is 4.79 Å².